The van der Waals surface area contributed by atoms with E-state index in [1.807, 2.05) is 57.8 Å². The van der Waals surface area contributed by atoms with Crippen LogP contribution in [0.4, 0.5) is 5.69 Å². The predicted octanol–water partition coefficient (Wildman–Crippen LogP) is 19.0. The van der Waals surface area contributed by atoms with E-state index in [0.29, 0.717) is 120 Å². The van der Waals surface area contributed by atoms with Gasteiger partial charge in [0.1, 0.15) is 58.6 Å². The van der Waals surface area contributed by atoms with Gasteiger partial charge in [0.05, 0.1) is 25.9 Å². The molecule has 122 heavy (non-hydrogen) atoms. The fourth-order valence-corrected chi connectivity index (χ4v) is 20.7. The normalized spacial score (nSPS) is 25.4. The molecule has 10 rings (SSSR count). The molecule has 20 nitrogen and oxygen atoms in total. The number of aliphatic hydroxyl groups excluding tert-OH is 2. The number of nitrogens with one attached hydrogen (secondary N) is 2. The number of carbonyl (C=O) groups is 9. The van der Waals surface area contributed by atoms with Crippen LogP contribution in [-0.2, 0) is 65.1 Å². The number of piperidine rings is 1. The molecule has 4 fully saturated rings. The van der Waals surface area contributed by atoms with Crippen molar-refractivity contribution in [3.63, 3.8) is 0 Å². The summed E-state index contributed by atoms with van der Waals surface area (Å²) in [6.45, 7) is 64.4. The molecule has 2 bridgehead atoms. The lowest BCUT2D eigenvalue weighted by Gasteiger charge is -2.63. The molecule has 5 unspecified atom stereocenters. The Morgan fingerprint density at radius 1 is 0.598 bits per heavy atom. The van der Waals surface area contributed by atoms with Crippen LogP contribution in [0.3, 0.4) is 0 Å². The second kappa shape index (κ2) is 44.4. The number of esters is 1. The molecule has 3 aromatic rings. The van der Waals surface area contributed by atoms with E-state index < -0.39 is 51.5 Å². The zero-order valence-electron chi connectivity index (χ0n) is 82.8. The summed E-state index contributed by atoms with van der Waals surface area (Å²) in [5, 5.41) is 51.5. The number of benzene rings is 2. The number of para-hydroxylation sites is 1. The van der Waals surface area contributed by atoms with Gasteiger partial charge in [-0.05, 0) is 172 Å². The third-order valence-corrected chi connectivity index (χ3v) is 24.3. The number of aromatic amines is 1. The van der Waals surface area contributed by atoms with Crippen LogP contribution >= 0.6 is 0 Å². The summed E-state index contributed by atoms with van der Waals surface area (Å²) in [6, 6.07) is 11.1. The van der Waals surface area contributed by atoms with Gasteiger partial charge in [-0.25, -0.2) is 0 Å². The van der Waals surface area contributed by atoms with E-state index >= 15 is 9.59 Å². The van der Waals surface area contributed by atoms with Gasteiger partial charge in [-0.2, -0.15) is 0 Å². The fraction of sp³-hybridized carbons (Fsp3) is 0.755. The Hall–Kier alpha value is -6.29. The molecule has 2 aromatic carbocycles. The number of amides is 1. The van der Waals surface area contributed by atoms with Gasteiger partial charge in [0, 0.05) is 135 Å². The highest BCUT2D eigenvalue weighted by molar-refractivity contribution is 5.95. The van der Waals surface area contributed by atoms with Crippen molar-refractivity contribution in [2.45, 2.75) is 376 Å². The van der Waals surface area contributed by atoms with Crippen molar-refractivity contribution in [2.75, 3.05) is 65.5 Å². The quantitative estimate of drug-likeness (QED) is 0.0541. The van der Waals surface area contributed by atoms with Gasteiger partial charge < -0.3 is 73.9 Å². The molecule has 1 spiro atoms. The average molecular weight is 1710 g/mol. The molecular weight excluding hydrogens is 1540 g/mol. The highest BCUT2D eigenvalue weighted by Crippen LogP contribution is 2.68. The Bertz CT molecular complexity index is 3800. The van der Waals surface area contributed by atoms with Crippen molar-refractivity contribution in [3.8, 4) is 5.75 Å². The Morgan fingerprint density at radius 2 is 1.06 bits per heavy atom. The third-order valence-electron chi connectivity index (χ3n) is 24.3. The molecule has 694 valence electrons. The first-order valence-electron chi connectivity index (χ1n) is 45.4. The number of methoxy groups -OCH3 is 2. The molecular formula is C102H171N5O15. The van der Waals surface area contributed by atoms with Crippen LogP contribution in [0, 0.1) is 61.1 Å². The number of likely N-dealkylation sites (N-methyl/N-ethyl adjacent to an activating group) is 1. The monoisotopic (exact) mass is 1710 g/mol. The number of ketones is 7. The highest BCUT2D eigenvalue weighted by Gasteiger charge is 2.79. The van der Waals surface area contributed by atoms with Gasteiger partial charge in [-0.15, -0.1) is 0 Å². The zero-order valence-corrected chi connectivity index (χ0v) is 82.8. The van der Waals surface area contributed by atoms with Crippen LogP contribution in [-0.4, -0.2) is 184 Å². The molecule has 2 aliphatic carbocycles. The summed E-state index contributed by atoms with van der Waals surface area (Å²) in [5.74, 6) is 1.75. The number of Topliss-reactive ketones (excluding diaryl/α,β-unsaturated/α-hetero) is 7. The van der Waals surface area contributed by atoms with Crippen molar-refractivity contribution in [1.82, 2.24) is 20.1 Å². The molecule has 20 heteroatoms. The van der Waals surface area contributed by atoms with Gasteiger partial charge in [-0.3, -0.25) is 24.2 Å². The Kier molecular flexibility index (Phi) is 40.0. The summed E-state index contributed by atoms with van der Waals surface area (Å²) in [7, 11) is 5.06. The van der Waals surface area contributed by atoms with E-state index in [4.69, 9.17) is 14.6 Å². The van der Waals surface area contributed by atoms with E-state index in [2.05, 4.69) is 196 Å². The second-order valence-corrected chi connectivity index (χ2v) is 45.7. The van der Waals surface area contributed by atoms with E-state index in [1.54, 1.807) is 48.7 Å². The first kappa shape index (κ1) is 110. The largest absolute Gasteiger partial charge is 0.496 e. The van der Waals surface area contributed by atoms with Crippen LogP contribution in [0.5, 0.6) is 5.75 Å². The smallest absolute Gasteiger partial charge is 0.322 e. The van der Waals surface area contributed by atoms with Gasteiger partial charge in [0.2, 0.25) is 0 Å². The minimum Gasteiger partial charge on any atom is -0.496 e. The molecule has 6 N–H and O–H groups in total. The zero-order chi connectivity index (χ0) is 94.0. The molecule has 5 aliphatic heterocycles. The summed E-state index contributed by atoms with van der Waals surface area (Å²) < 4.78 is 12.5. The number of ether oxygens (including phenoxy) is 2. The molecule has 1 aromatic heterocycles. The number of H-pyrrole nitrogens is 1. The Balaban J connectivity index is 0.000000539. The summed E-state index contributed by atoms with van der Waals surface area (Å²) >= 11 is 0. The first-order valence-corrected chi connectivity index (χ1v) is 45.4. The van der Waals surface area contributed by atoms with Crippen LogP contribution in [0.1, 0.15) is 346 Å². The van der Waals surface area contributed by atoms with Crippen molar-refractivity contribution in [2.24, 2.45) is 61.1 Å². The van der Waals surface area contributed by atoms with E-state index in [-0.39, 0.29) is 109 Å². The maximum atomic E-state index is 15.5. The lowest BCUT2D eigenvalue weighted by molar-refractivity contribution is -0.204. The summed E-state index contributed by atoms with van der Waals surface area (Å²) in [4.78, 5) is 115. The number of anilines is 1. The van der Waals surface area contributed by atoms with Crippen LogP contribution in [0.2, 0.25) is 0 Å². The number of fused-ring (bicyclic) bond motifs is 6. The minimum atomic E-state index is -2.22. The predicted molar refractivity (Wildman–Crippen MR) is 497 cm³/mol. The second-order valence-electron chi connectivity index (χ2n) is 45.7. The van der Waals surface area contributed by atoms with Crippen molar-refractivity contribution in [1.29, 1.82) is 0 Å². The van der Waals surface area contributed by atoms with Crippen LogP contribution < -0.4 is 15.0 Å². The molecule has 12 atom stereocenters. The molecule has 1 amide bonds. The summed E-state index contributed by atoms with van der Waals surface area (Å²) in [6.07, 6.45) is 16.6. The maximum Gasteiger partial charge on any atom is 0.322 e. The number of rotatable bonds is 17. The number of carbonyl (C=O) groups excluding carboxylic acids is 9. The highest BCUT2D eigenvalue weighted by atomic mass is 16.5. The molecule has 0 radical (unpaired) electrons. The van der Waals surface area contributed by atoms with Gasteiger partial charge >= 0.3 is 5.97 Å². The number of aromatic nitrogens is 1. The van der Waals surface area contributed by atoms with E-state index in [9.17, 15) is 48.9 Å². The Labute approximate surface area is 737 Å². The van der Waals surface area contributed by atoms with Gasteiger partial charge in [0.25, 0.3) is 5.91 Å². The SMILES string of the molecule is CC(=O)CC(C)(C)C.CC(=O)CC(C)(C)C.CC(=O)CC(C)(C)C.CC(=O)CC(C)(C)C.CC(=O)CC(C)(C)C.CC(=O)CC(C)(C)C.CC(C)(C)CC(=O)CO.CC[C@]1(O)CC2CN(CCc3c([nH]c4ccccc34)[C@](C(=O)OC)(c3cc4c(cc3OC)N(C)C3C45CCN4CC=C[C@](CC)(C45)[C@@H](O)[C@]3(O)C(=O)N[C@H](C)[C@@H](C)C3CCCCC3)C2)C1. The topological polar surface area (TPSA) is 291 Å². The van der Waals surface area contributed by atoms with Crippen molar-refractivity contribution < 1.29 is 73.1 Å². The molecule has 2 saturated heterocycles. The van der Waals surface area contributed by atoms with Crippen molar-refractivity contribution >= 4 is 68.9 Å². The lowest BCUT2D eigenvalue weighted by Crippen LogP contribution is -2.82. The number of hydrogen-bond donors (Lipinski definition) is 6. The lowest BCUT2D eigenvalue weighted by atomic mass is 9.47. The van der Waals surface area contributed by atoms with Gasteiger partial charge in [-0.1, -0.05) is 229 Å². The fourth-order valence-electron chi connectivity index (χ4n) is 20.7. The van der Waals surface area contributed by atoms with Gasteiger partial charge in [0.15, 0.2) is 11.4 Å². The van der Waals surface area contributed by atoms with Crippen LogP contribution in [0.25, 0.3) is 10.9 Å². The third kappa shape index (κ3) is 31.3. The number of aliphatic hydroxyl groups is 4. The van der Waals surface area contributed by atoms with Crippen LogP contribution in [0.15, 0.2) is 48.6 Å². The molecule has 2 saturated carbocycles. The molecule has 6 heterocycles. The van der Waals surface area contributed by atoms with Crippen molar-refractivity contribution in [3.05, 3.63) is 70.9 Å². The van der Waals surface area contributed by atoms with E-state index in [1.165, 1.54) is 26.4 Å². The van der Waals surface area contributed by atoms with E-state index in [0.717, 1.165) is 59.3 Å². The summed E-state index contributed by atoms with van der Waals surface area (Å²) in [5.41, 5.74) is -0.0982. The maximum absolute atomic E-state index is 15.5. The first-order chi connectivity index (χ1) is 55.6. The minimum absolute atomic E-state index is 0.0137. The standard InChI is InChI=1S/C53H73N5O7.C7H14O2.6C7H14O/c1-8-49(62)28-34-29-52(48(61)65-7,43-37(20-24-57(30-34)31-49)36-18-13-14-19-40(36)55-43)39-26-38-41(27-42(39)64-6)56(5)45-51(38)22-25-58-23-15-21-50(9-2,44(51)58)46(59)53(45,63)47(60)54-33(4)32(3)35-16-11-10-12-17-35;1-7(2,3)4-6(9)5-8;6*1-6(8)5-7(2,3)4/h13-15,18-19,21,26-27,32-35,44-46,55,59,62-63H,8-12,16-17,20,22-25,28-31H2,1-7H3,(H,54,60);8H,4-5H2,1-3H3;6*5H2,1-4H3/t32-,33-,34?,44?,45?,46-,49+,50-,51?,52-,53+;;;;;;;/m1......./s1. The Morgan fingerprint density at radius 3 is 1.45 bits per heavy atom. The number of nitrogens with zero attached hydrogens (tertiary/aromatic N) is 3. The average Bonchev–Trinajstić information content (AvgIpc) is 1.47. The number of hydrogen-bond acceptors (Lipinski definition) is 18. The molecule has 7 aliphatic rings.